The Hall–Kier alpha value is -3.09. The fourth-order valence-corrected chi connectivity index (χ4v) is 3.22. The molecule has 0 radical (unpaired) electrons. The Morgan fingerprint density at radius 1 is 1.16 bits per heavy atom. The Balaban J connectivity index is 1.60. The maximum atomic E-state index is 13.6. The maximum Gasteiger partial charge on any atom is 0.235 e. The molecule has 1 aliphatic rings. The van der Waals surface area contributed by atoms with Gasteiger partial charge in [-0.05, 0) is 59.2 Å². The van der Waals surface area contributed by atoms with E-state index < -0.39 is 5.41 Å². The van der Waals surface area contributed by atoms with Crippen LogP contribution in [-0.2, 0) is 10.2 Å². The number of anilines is 1. The van der Waals surface area contributed by atoms with Gasteiger partial charge in [-0.3, -0.25) is 4.79 Å². The van der Waals surface area contributed by atoms with Crippen LogP contribution in [0.25, 0.3) is 5.69 Å². The highest BCUT2D eigenvalue weighted by Gasteiger charge is 2.45. The monoisotopic (exact) mass is 337 g/mol. The van der Waals surface area contributed by atoms with Crippen LogP contribution in [0.5, 0.6) is 0 Å². The fraction of sp³-hybridized carbons (Fsp3) is 0.222. The van der Waals surface area contributed by atoms with E-state index in [-0.39, 0.29) is 11.7 Å². The number of tetrazole rings is 1. The minimum absolute atomic E-state index is 0.113. The lowest BCUT2D eigenvalue weighted by Gasteiger charge is -2.40. The van der Waals surface area contributed by atoms with Crippen molar-refractivity contribution in [3.63, 3.8) is 0 Å². The van der Waals surface area contributed by atoms with Crippen molar-refractivity contribution >= 4 is 11.6 Å². The van der Waals surface area contributed by atoms with Crippen LogP contribution >= 0.6 is 0 Å². The molecule has 6 nitrogen and oxygen atoms in total. The van der Waals surface area contributed by atoms with Crippen molar-refractivity contribution in [2.45, 2.75) is 24.7 Å². The smallest absolute Gasteiger partial charge is 0.235 e. The van der Waals surface area contributed by atoms with E-state index in [0.29, 0.717) is 5.69 Å². The first kappa shape index (κ1) is 15.4. The quantitative estimate of drug-likeness (QED) is 0.794. The first-order chi connectivity index (χ1) is 12.2. The summed E-state index contributed by atoms with van der Waals surface area (Å²) >= 11 is 0. The number of hydrogen-bond acceptors (Lipinski definition) is 4. The average Bonchev–Trinajstić information content (AvgIpc) is 3.09. The van der Waals surface area contributed by atoms with E-state index in [1.54, 1.807) is 12.1 Å². The molecule has 1 fully saturated rings. The van der Waals surface area contributed by atoms with Gasteiger partial charge in [0.2, 0.25) is 5.91 Å². The molecule has 0 spiro atoms. The molecule has 1 aliphatic carbocycles. The molecule has 0 unspecified atom stereocenters. The zero-order valence-electron chi connectivity index (χ0n) is 13.4. The number of benzene rings is 2. The van der Waals surface area contributed by atoms with Crippen LogP contribution in [0.1, 0.15) is 24.8 Å². The van der Waals surface area contributed by atoms with Crippen molar-refractivity contribution < 1.29 is 9.18 Å². The summed E-state index contributed by atoms with van der Waals surface area (Å²) in [6, 6.07) is 13.6. The van der Waals surface area contributed by atoms with Crippen molar-refractivity contribution in [2.24, 2.45) is 0 Å². The zero-order valence-corrected chi connectivity index (χ0v) is 13.4. The van der Waals surface area contributed by atoms with E-state index in [4.69, 9.17) is 0 Å². The van der Waals surface area contributed by atoms with Crippen molar-refractivity contribution in [2.75, 3.05) is 5.32 Å². The lowest BCUT2D eigenvalue weighted by molar-refractivity contribution is -0.124. The number of carbonyl (C=O) groups is 1. The largest absolute Gasteiger partial charge is 0.325 e. The molecule has 1 N–H and O–H groups in total. The second-order valence-corrected chi connectivity index (χ2v) is 6.20. The van der Waals surface area contributed by atoms with Crippen LogP contribution in [-0.4, -0.2) is 26.1 Å². The van der Waals surface area contributed by atoms with Gasteiger partial charge in [0.15, 0.2) is 0 Å². The lowest BCUT2D eigenvalue weighted by atomic mass is 9.63. The number of nitrogens with zero attached hydrogens (tertiary/aromatic N) is 4. The first-order valence-corrected chi connectivity index (χ1v) is 8.08. The van der Waals surface area contributed by atoms with E-state index in [1.165, 1.54) is 23.1 Å². The van der Waals surface area contributed by atoms with Crippen molar-refractivity contribution in [1.82, 2.24) is 20.2 Å². The molecule has 4 rings (SSSR count). The average molecular weight is 337 g/mol. The predicted molar refractivity (Wildman–Crippen MR) is 89.7 cm³/mol. The molecule has 3 aromatic rings. The number of halogens is 1. The van der Waals surface area contributed by atoms with Gasteiger partial charge < -0.3 is 5.32 Å². The predicted octanol–water partition coefficient (Wildman–Crippen LogP) is 2.86. The van der Waals surface area contributed by atoms with Gasteiger partial charge >= 0.3 is 0 Å². The van der Waals surface area contributed by atoms with Crippen molar-refractivity contribution in [3.8, 4) is 5.69 Å². The summed E-state index contributed by atoms with van der Waals surface area (Å²) in [5.74, 6) is -0.435. The van der Waals surface area contributed by atoms with E-state index in [2.05, 4.69) is 20.8 Å². The Labute approximate surface area is 143 Å². The normalized spacial score (nSPS) is 15.4. The van der Waals surface area contributed by atoms with Gasteiger partial charge in [0.1, 0.15) is 12.1 Å². The minimum Gasteiger partial charge on any atom is -0.325 e. The molecule has 0 saturated heterocycles. The van der Waals surface area contributed by atoms with Gasteiger partial charge in [-0.25, -0.2) is 9.07 Å². The molecule has 1 heterocycles. The molecule has 0 atom stereocenters. The number of rotatable bonds is 4. The highest BCUT2D eigenvalue weighted by molar-refractivity contribution is 6.00. The highest BCUT2D eigenvalue weighted by Crippen LogP contribution is 2.44. The number of nitrogens with one attached hydrogen (secondary N) is 1. The number of amides is 1. The zero-order chi connectivity index (χ0) is 17.3. The van der Waals surface area contributed by atoms with Crippen LogP contribution in [0.4, 0.5) is 10.1 Å². The lowest BCUT2D eigenvalue weighted by Crippen LogP contribution is -2.46. The summed E-state index contributed by atoms with van der Waals surface area (Å²) in [5.41, 5.74) is 1.47. The summed E-state index contributed by atoms with van der Waals surface area (Å²) in [4.78, 5) is 12.9. The third-order valence-corrected chi connectivity index (χ3v) is 4.74. The van der Waals surface area contributed by atoms with Gasteiger partial charge in [-0.15, -0.1) is 5.10 Å². The molecule has 25 heavy (non-hydrogen) atoms. The van der Waals surface area contributed by atoms with Crippen LogP contribution in [0, 0.1) is 5.82 Å². The molecule has 1 aromatic heterocycles. The highest BCUT2D eigenvalue weighted by atomic mass is 19.1. The molecule has 0 aliphatic heterocycles. The third-order valence-electron chi connectivity index (χ3n) is 4.74. The molecule has 7 heteroatoms. The second kappa shape index (κ2) is 6.08. The first-order valence-electron chi connectivity index (χ1n) is 8.08. The Morgan fingerprint density at radius 3 is 2.68 bits per heavy atom. The molecule has 1 saturated carbocycles. The van der Waals surface area contributed by atoms with Gasteiger partial charge in [-0.2, -0.15) is 0 Å². The molecule has 2 aromatic carbocycles. The Kier molecular flexibility index (Phi) is 3.76. The summed E-state index contributed by atoms with van der Waals surface area (Å²) in [5, 5.41) is 14.0. The standard InChI is InChI=1S/C18H16FN5O/c19-14-5-1-4-13(10-14)18(8-3-9-18)17(25)21-15-6-2-7-16(11-15)24-12-20-22-23-24/h1-2,4-7,10-12H,3,8-9H2,(H,21,25). The van der Waals surface area contributed by atoms with Crippen LogP contribution in [0.2, 0.25) is 0 Å². The number of aromatic nitrogens is 4. The Bertz CT molecular complexity index is 905. The van der Waals surface area contributed by atoms with Gasteiger partial charge in [-0.1, -0.05) is 24.6 Å². The van der Waals surface area contributed by atoms with E-state index in [9.17, 15) is 9.18 Å². The number of carbonyl (C=O) groups excluding carboxylic acids is 1. The van der Waals surface area contributed by atoms with Crippen molar-refractivity contribution in [3.05, 3.63) is 66.2 Å². The second-order valence-electron chi connectivity index (χ2n) is 6.20. The summed E-state index contributed by atoms with van der Waals surface area (Å²) in [6.07, 6.45) is 3.87. The topological polar surface area (TPSA) is 72.7 Å². The SMILES string of the molecule is O=C(Nc1cccc(-n2cnnn2)c1)C1(c2cccc(F)c2)CCC1. The van der Waals surface area contributed by atoms with Gasteiger partial charge in [0.25, 0.3) is 0 Å². The molecule has 1 amide bonds. The third kappa shape index (κ3) is 2.77. The van der Waals surface area contributed by atoms with E-state index in [1.807, 2.05) is 24.3 Å². The van der Waals surface area contributed by atoms with Crippen LogP contribution in [0.15, 0.2) is 54.9 Å². The Morgan fingerprint density at radius 2 is 2.00 bits per heavy atom. The summed E-state index contributed by atoms with van der Waals surface area (Å²) in [7, 11) is 0. The van der Waals surface area contributed by atoms with Gasteiger partial charge in [0.05, 0.1) is 11.1 Å². The molecule has 0 bridgehead atoms. The maximum absolute atomic E-state index is 13.6. The summed E-state index contributed by atoms with van der Waals surface area (Å²) in [6.45, 7) is 0. The van der Waals surface area contributed by atoms with Gasteiger partial charge in [0, 0.05) is 5.69 Å². The summed E-state index contributed by atoms with van der Waals surface area (Å²) < 4.78 is 15.1. The van der Waals surface area contributed by atoms with Crippen LogP contribution < -0.4 is 5.32 Å². The molecular formula is C18H16FN5O. The fourth-order valence-electron chi connectivity index (χ4n) is 3.22. The van der Waals surface area contributed by atoms with E-state index >= 15 is 0 Å². The van der Waals surface area contributed by atoms with Crippen molar-refractivity contribution in [1.29, 1.82) is 0 Å². The van der Waals surface area contributed by atoms with Crippen LogP contribution in [0.3, 0.4) is 0 Å². The minimum atomic E-state index is -0.660. The molecule has 126 valence electrons. The van der Waals surface area contributed by atoms with E-state index in [0.717, 1.165) is 30.5 Å². The number of hydrogen-bond donors (Lipinski definition) is 1. The molecular weight excluding hydrogens is 321 g/mol.